The van der Waals surface area contributed by atoms with Gasteiger partial charge in [0, 0.05) is 38.9 Å². The van der Waals surface area contributed by atoms with Crippen molar-refractivity contribution in [3.05, 3.63) is 64.9 Å². The minimum Gasteiger partial charge on any atom is -0.361 e. The van der Waals surface area contributed by atoms with Gasteiger partial charge >= 0.3 is 0 Å². The van der Waals surface area contributed by atoms with Crippen LogP contribution in [0, 0.1) is 5.92 Å². The van der Waals surface area contributed by atoms with E-state index in [1.54, 1.807) is 11.1 Å². The summed E-state index contributed by atoms with van der Waals surface area (Å²) in [5.41, 5.74) is 4.25. The molecule has 2 aromatic rings. The van der Waals surface area contributed by atoms with Crippen molar-refractivity contribution in [1.82, 2.24) is 9.88 Å². The molecule has 0 unspecified atom stereocenters. The van der Waals surface area contributed by atoms with E-state index in [1.165, 1.54) is 24.0 Å². The number of hydrogen-bond acceptors (Lipinski definition) is 5. The van der Waals surface area contributed by atoms with Crippen molar-refractivity contribution in [2.45, 2.75) is 102 Å². The Morgan fingerprint density at radius 3 is 2.50 bits per heavy atom. The molecule has 0 bridgehead atoms. The van der Waals surface area contributed by atoms with E-state index in [9.17, 15) is 9.59 Å². The molecule has 7 nitrogen and oxygen atoms in total. The molecule has 6 rings (SSSR count). The molecule has 2 aliphatic carbocycles. The molecule has 234 valence electrons. The quantitative estimate of drug-likeness (QED) is 0.231. The molecule has 2 spiro atoms. The maximum Gasteiger partial charge on any atom is 0.270 e. The minimum atomic E-state index is -1.22. The van der Waals surface area contributed by atoms with Gasteiger partial charge in [0.1, 0.15) is 23.9 Å². The Balaban J connectivity index is 1.17. The predicted molar refractivity (Wildman–Crippen MR) is 180 cm³/mol. The third kappa shape index (κ3) is 5.71. The molecule has 3 heterocycles. The van der Waals surface area contributed by atoms with Crippen LogP contribution < -0.4 is 4.90 Å². The molecule has 0 radical (unpaired) electrons. The molecule has 0 saturated heterocycles. The third-order valence-corrected chi connectivity index (χ3v) is 11.7. The second kappa shape index (κ2) is 12.0. The SMILES string of the molecule is CC(C)C1=NC2(CCCCCC2)N(CC=Cc2ccc3c(c2)C[C@@]2(C3)C(=O)N(COCC[Si](C)(C)C)c3ncccc32)C1=O. The number of carbonyl (C=O) groups is 2. The fourth-order valence-corrected chi connectivity index (χ4v) is 8.27. The van der Waals surface area contributed by atoms with Gasteiger partial charge < -0.3 is 9.64 Å². The lowest BCUT2D eigenvalue weighted by Gasteiger charge is -2.35. The normalized spacial score (nSPS) is 22.9. The first-order chi connectivity index (χ1) is 21.0. The van der Waals surface area contributed by atoms with Crippen molar-refractivity contribution in [3.8, 4) is 0 Å². The van der Waals surface area contributed by atoms with Gasteiger partial charge in [-0.25, -0.2) is 4.98 Å². The maximum atomic E-state index is 14.1. The van der Waals surface area contributed by atoms with Gasteiger partial charge in [-0.05, 0) is 67.3 Å². The van der Waals surface area contributed by atoms with Gasteiger partial charge in [0.2, 0.25) is 5.91 Å². The number of rotatable bonds is 9. The standard InChI is InChI=1S/C36H48N4O3Si/c1-26(2)31-33(41)40(36(38-31)16-8-6-7-9-17-36)19-11-12-27-14-15-28-23-35(24-29(28)22-27)30-13-10-18-37-32(30)39(34(35)42)25-43-20-21-44(3,4)5/h10-15,18,22,26H,6-9,16-17,19-21,23-25H2,1-5H3/t35-/m1/s1. The van der Waals surface area contributed by atoms with Crippen LogP contribution >= 0.6 is 0 Å². The Bertz CT molecular complexity index is 1480. The van der Waals surface area contributed by atoms with Gasteiger partial charge in [-0.2, -0.15) is 0 Å². The van der Waals surface area contributed by atoms with Gasteiger partial charge in [0.05, 0.1) is 5.41 Å². The van der Waals surface area contributed by atoms with Crippen LogP contribution in [0.3, 0.4) is 0 Å². The van der Waals surface area contributed by atoms with E-state index in [-0.39, 0.29) is 30.1 Å². The van der Waals surface area contributed by atoms with E-state index < -0.39 is 13.5 Å². The van der Waals surface area contributed by atoms with Crippen LogP contribution in [0.2, 0.25) is 25.7 Å². The summed E-state index contributed by atoms with van der Waals surface area (Å²) in [6.07, 6.45) is 13.9. The zero-order valence-corrected chi connectivity index (χ0v) is 28.2. The highest BCUT2D eigenvalue weighted by atomic mass is 28.3. The lowest BCUT2D eigenvalue weighted by atomic mass is 9.79. The summed E-state index contributed by atoms with van der Waals surface area (Å²) in [4.78, 5) is 41.1. The largest absolute Gasteiger partial charge is 0.361 e. The fraction of sp³-hybridized carbons (Fsp3) is 0.556. The molecule has 2 aliphatic heterocycles. The summed E-state index contributed by atoms with van der Waals surface area (Å²) < 4.78 is 6.04. The van der Waals surface area contributed by atoms with E-state index in [4.69, 9.17) is 9.73 Å². The Morgan fingerprint density at radius 2 is 1.77 bits per heavy atom. The number of amides is 2. The lowest BCUT2D eigenvalue weighted by molar-refractivity contribution is -0.127. The van der Waals surface area contributed by atoms with Crippen LogP contribution in [-0.4, -0.2) is 61.0 Å². The second-order valence-electron chi connectivity index (χ2n) is 14.8. The molecule has 2 amide bonds. The molecule has 1 aromatic carbocycles. The van der Waals surface area contributed by atoms with Crippen molar-refractivity contribution in [1.29, 1.82) is 0 Å². The summed E-state index contributed by atoms with van der Waals surface area (Å²) in [6, 6.07) is 11.6. The van der Waals surface area contributed by atoms with E-state index in [1.807, 2.05) is 11.0 Å². The summed E-state index contributed by atoms with van der Waals surface area (Å²) in [5.74, 6) is 1.06. The molecular weight excluding hydrogens is 565 g/mol. The zero-order chi connectivity index (χ0) is 31.1. The van der Waals surface area contributed by atoms with Gasteiger partial charge in [-0.1, -0.05) is 82.7 Å². The third-order valence-electron chi connectivity index (χ3n) is 9.99. The smallest absolute Gasteiger partial charge is 0.270 e. The van der Waals surface area contributed by atoms with Crippen molar-refractivity contribution >= 4 is 37.5 Å². The molecule has 1 fully saturated rings. The number of fused-ring (bicyclic) bond motifs is 3. The van der Waals surface area contributed by atoms with Crippen LogP contribution in [-0.2, 0) is 32.6 Å². The summed E-state index contributed by atoms with van der Waals surface area (Å²) in [5, 5.41) is 0. The number of benzene rings is 1. The first-order valence-electron chi connectivity index (χ1n) is 16.6. The van der Waals surface area contributed by atoms with Crippen LogP contribution in [0.25, 0.3) is 6.08 Å². The maximum absolute atomic E-state index is 14.1. The topological polar surface area (TPSA) is 75.1 Å². The summed E-state index contributed by atoms with van der Waals surface area (Å²) in [7, 11) is -1.22. The fourth-order valence-electron chi connectivity index (χ4n) is 7.51. The highest BCUT2D eigenvalue weighted by Crippen LogP contribution is 2.49. The number of carbonyl (C=O) groups excluding carboxylic acids is 2. The highest BCUT2D eigenvalue weighted by molar-refractivity contribution is 6.76. The van der Waals surface area contributed by atoms with Crippen molar-refractivity contribution in [2.24, 2.45) is 10.9 Å². The van der Waals surface area contributed by atoms with Crippen LogP contribution in [0.4, 0.5) is 5.82 Å². The number of nitrogens with zero attached hydrogens (tertiary/aromatic N) is 4. The molecular formula is C36H48N4O3Si. The van der Waals surface area contributed by atoms with Crippen LogP contribution in [0.5, 0.6) is 0 Å². The number of ether oxygens (including phenoxy) is 1. The van der Waals surface area contributed by atoms with Gasteiger partial charge in [-0.15, -0.1) is 0 Å². The number of anilines is 1. The summed E-state index contributed by atoms with van der Waals surface area (Å²) >= 11 is 0. The van der Waals surface area contributed by atoms with Crippen molar-refractivity contribution < 1.29 is 14.3 Å². The average molecular weight is 613 g/mol. The molecule has 0 N–H and O–H groups in total. The van der Waals surface area contributed by atoms with Crippen LogP contribution in [0.15, 0.2) is 47.6 Å². The first kappa shape index (κ1) is 30.9. The Morgan fingerprint density at radius 1 is 1.02 bits per heavy atom. The lowest BCUT2D eigenvalue weighted by Crippen LogP contribution is -2.46. The zero-order valence-electron chi connectivity index (χ0n) is 27.2. The van der Waals surface area contributed by atoms with Gasteiger partial charge in [0.15, 0.2) is 0 Å². The Labute approximate surface area is 263 Å². The van der Waals surface area contributed by atoms with E-state index in [2.05, 4.69) is 74.9 Å². The van der Waals surface area contributed by atoms with Crippen molar-refractivity contribution in [3.63, 3.8) is 0 Å². The number of pyridine rings is 1. The summed E-state index contributed by atoms with van der Waals surface area (Å²) in [6.45, 7) is 12.6. The number of hydrogen-bond donors (Lipinski definition) is 0. The van der Waals surface area contributed by atoms with Crippen molar-refractivity contribution in [2.75, 3.05) is 24.8 Å². The molecule has 8 heteroatoms. The first-order valence-corrected chi connectivity index (χ1v) is 20.3. The molecule has 1 atom stereocenters. The Kier molecular flexibility index (Phi) is 8.43. The number of aliphatic imine (C=N–C) groups is 1. The van der Waals surface area contributed by atoms with Gasteiger partial charge in [-0.3, -0.25) is 19.5 Å². The Hall–Kier alpha value is -3.10. The minimum absolute atomic E-state index is 0.0923. The number of aromatic nitrogens is 1. The molecule has 1 saturated carbocycles. The molecule has 1 aromatic heterocycles. The highest BCUT2D eigenvalue weighted by Gasteiger charge is 2.54. The second-order valence-corrected chi connectivity index (χ2v) is 20.4. The molecule has 4 aliphatic rings. The van der Waals surface area contributed by atoms with E-state index >= 15 is 0 Å². The predicted octanol–water partition coefficient (Wildman–Crippen LogP) is 6.78. The van der Waals surface area contributed by atoms with E-state index in [0.717, 1.165) is 54.4 Å². The molecule has 44 heavy (non-hydrogen) atoms. The van der Waals surface area contributed by atoms with Gasteiger partial charge in [0.25, 0.3) is 5.91 Å². The van der Waals surface area contributed by atoms with E-state index in [0.29, 0.717) is 26.0 Å². The average Bonchev–Trinajstić information content (AvgIpc) is 3.48. The van der Waals surface area contributed by atoms with Crippen LogP contribution in [0.1, 0.15) is 74.6 Å². The monoisotopic (exact) mass is 612 g/mol.